The van der Waals surface area contributed by atoms with E-state index in [-0.39, 0.29) is 11.4 Å². The lowest BCUT2D eigenvalue weighted by atomic mass is 9.94. The largest absolute Gasteiger partial charge is 0.490 e. The molecular weight excluding hydrogens is 394 g/mol. The van der Waals surface area contributed by atoms with Crippen LogP contribution in [0.3, 0.4) is 0 Å². The van der Waals surface area contributed by atoms with Crippen molar-refractivity contribution >= 4 is 39.4 Å². The van der Waals surface area contributed by atoms with E-state index in [0.717, 1.165) is 44.3 Å². The molecule has 3 aromatic rings. The van der Waals surface area contributed by atoms with Gasteiger partial charge in [0.25, 0.3) is 5.91 Å². The summed E-state index contributed by atoms with van der Waals surface area (Å²) in [6, 6.07) is 6.04. The van der Waals surface area contributed by atoms with Crippen LogP contribution in [0.4, 0.5) is 10.8 Å². The summed E-state index contributed by atoms with van der Waals surface area (Å²) in [5.74, 6) is 0.774. The van der Waals surface area contributed by atoms with Crippen molar-refractivity contribution in [3.63, 3.8) is 0 Å². The number of aryl methyl sites for hydroxylation is 1. The fraction of sp³-hybridized carbons (Fsp3) is 0.368. The molecule has 0 bridgehead atoms. The Balaban J connectivity index is 1.56. The molecule has 1 amide bonds. The highest BCUT2D eigenvalue weighted by atomic mass is 32.1. The molecule has 0 radical (unpaired) electrons. The lowest BCUT2D eigenvalue weighted by Gasteiger charge is -2.29. The van der Waals surface area contributed by atoms with Crippen molar-refractivity contribution in [2.75, 3.05) is 18.1 Å². The smallest absolute Gasteiger partial charge is 0.263 e. The summed E-state index contributed by atoms with van der Waals surface area (Å²) in [6.07, 6.45) is 0.728. The molecule has 9 heteroatoms. The second-order valence-corrected chi connectivity index (χ2v) is 9.76. The van der Waals surface area contributed by atoms with Crippen LogP contribution in [0, 0.1) is 6.92 Å². The second-order valence-electron chi connectivity index (χ2n) is 7.60. The van der Waals surface area contributed by atoms with Gasteiger partial charge < -0.3 is 15.0 Å². The molecule has 4 heterocycles. The van der Waals surface area contributed by atoms with E-state index in [1.165, 1.54) is 11.3 Å². The number of hydrogen-bond acceptors (Lipinski definition) is 8. The first kappa shape index (κ1) is 17.6. The first-order valence-corrected chi connectivity index (χ1v) is 10.7. The number of rotatable bonds is 2. The molecule has 1 aromatic carbocycles. The van der Waals surface area contributed by atoms with Gasteiger partial charge >= 0.3 is 0 Å². The number of carbonyl (C=O) groups is 1. The topological polar surface area (TPSA) is 80.2 Å². The zero-order chi connectivity index (χ0) is 19.5. The predicted molar refractivity (Wildman–Crippen MR) is 110 cm³/mol. The van der Waals surface area contributed by atoms with Gasteiger partial charge in [-0.2, -0.15) is 0 Å². The third-order valence-electron chi connectivity index (χ3n) is 4.78. The Bertz CT molecular complexity index is 1090. The molecule has 0 saturated carbocycles. The molecule has 0 unspecified atom stereocenters. The van der Waals surface area contributed by atoms with Gasteiger partial charge in [-0.25, -0.2) is 4.98 Å². The molecule has 0 atom stereocenters. The standard InChI is InChI=1S/C19H19N5O2S2/c1-10-22-23-17(27-10)11-4-5-14-13(8-11)24(6-7-26-14)18-20-12-9-19(2,3)21-16(25)15(12)28-18/h4-5,8H,6-7,9H2,1-3H3,(H,21,25). The van der Waals surface area contributed by atoms with Crippen molar-refractivity contribution in [3.05, 3.63) is 33.8 Å². The molecule has 2 aliphatic rings. The number of amides is 1. The van der Waals surface area contributed by atoms with E-state index < -0.39 is 0 Å². The van der Waals surface area contributed by atoms with Crippen LogP contribution in [0.15, 0.2) is 18.2 Å². The zero-order valence-electron chi connectivity index (χ0n) is 15.8. The van der Waals surface area contributed by atoms with E-state index in [0.29, 0.717) is 18.0 Å². The third-order valence-corrected chi connectivity index (χ3v) is 6.79. The minimum absolute atomic E-state index is 0.0402. The number of hydrogen-bond donors (Lipinski definition) is 1. The lowest BCUT2D eigenvalue weighted by molar-refractivity contribution is 0.0901. The first-order chi connectivity index (χ1) is 13.4. The SMILES string of the molecule is Cc1nnc(-c2ccc3c(c2)N(c2nc4c(s2)C(=O)NC(C)(C)C4)CCO3)s1. The van der Waals surface area contributed by atoms with Crippen LogP contribution in [0.25, 0.3) is 10.6 Å². The monoisotopic (exact) mass is 413 g/mol. The Kier molecular flexibility index (Phi) is 3.92. The predicted octanol–water partition coefficient (Wildman–Crippen LogP) is 3.57. The Labute approximate surface area is 170 Å². The molecule has 0 aliphatic carbocycles. The molecule has 0 saturated heterocycles. The van der Waals surface area contributed by atoms with Crippen LogP contribution in [0.1, 0.15) is 34.2 Å². The summed E-state index contributed by atoms with van der Waals surface area (Å²) >= 11 is 3.01. The number of nitrogens with zero attached hydrogens (tertiary/aromatic N) is 4. The normalized spacial score (nSPS) is 17.5. The van der Waals surface area contributed by atoms with Gasteiger partial charge in [-0.1, -0.05) is 22.7 Å². The summed E-state index contributed by atoms with van der Waals surface area (Å²) in [6.45, 7) is 7.25. The van der Waals surface area contributed by atoms with E-state index >= 15 is 0 Å². The molecular formula is C19H19N5O2S2. The van der Waals surface area contributed by atoms with Crippen molar-refractivity contribution < 1.29 is 9.53 Å². The average Bonchev–Trinajstić information content (AvgIpc) is 3.26. The fourth-order valence-corrected chi connectivity index (χ4v) is 5.25. The molecule has 0 fully saturated rings. The van der Waals surface area contributed by atoms with E-state index in [1.54, 1.807) is 11.3 Å². The van der Waals surface area contributed by atoms with Gasteiger partial charge in [0.15, 0.2) is 5.13 Å². The maximum Gasteiger partial charge on any atom is 0.263 e. The van der Waals surface area contributed by atoms with Gasteiger partial charge in [0.05, 0.1) is 17.9 Å². The second kappa shape index (κ2) is 6.25. The van der Waals surface area contributed by atoms with Crippen LogP contribution in [-0.2, 0) is 6.42 Å². The van der Waals surface area contributed by atoms with Crippen molar-refractivity contribution in [3.8, 4) is 16.3 Å². The molecule has 0 spiro atoms. The zero-order valence-corrected chi connectivity index (χ0v) is 17.4. The van der Waals surface area contributed by atoms with E-state index in [2.05, 4.69) is 26.5 Å². The third kappa shape index (κ3) is 2.94. The van der Waals surface area contributed by atoms with E-state index in [9.17, 15) is 4.79 Å². The molecule has 144 valence electrons. The minimum Gasteiger partial charge on any atom is -0.490 e. The van der Waals surface area contributed by atoms with Gasteiger partial charge in [0.1, 0.15) is 27.2 Å². The average molecular weight is 414 g/mol. The van der Waals surface area contributed by atoms with Crippen molar-refractivity contribution in [2.45, 2.75) is 32.7 Å². The summed E-state index contributed by atoms with van der Waals surface area (Å²) in [5, 5.41) is 14.1. The van der Waals surface area contributed by atoms with E-state index in [1.807, 2.05) is 32.9 Å². The summed E-state index contributed by atoms with van der Waals surface area (Å²) < 4.78 is 5.85. The number of fused-ring (bicyclic) bond motifs is 2. The maximum absolute atomic E-state index is 12.5. The number of aromatic nitrogens is 3. The van der Waals surface area contributed by atoms with Gasteiger partial charge in [-0.05, 0) is 39.0 Å². The molecule has 28 heavy (non-hydrogen) atoms. The molecule has 2 aromatic heterocycles. The number of benzene rings is 1. The van der Waals surface area contributed by atoms with E-state index in [4.69, 9.17) is 9.72 Å². The van der Waals surface area contributed by atoms with Crippen LogP contribution in [0.2, 0.25) is 0 Å². The molecule has 5 rings (SSSR count). The highest BCUT2D eigenvalue weighted by molar-refractivity contribution is 7.17. The van der Waals surface area contributed by atoms with Gasteiger partial charge in [-0.3, -0.25) is 4.79 Å². The van der Waals surface area contributed by atoms with Crippen LogP contribution < -0.4 is 15.0 Å². The Morgan fingerprint density at radius 2 is 2.11 bits per heavy atom. The van der Waals surface area contributed by atoms with Gasteiger partial charge in [-0.15, -0.1) is 10.2 Å². The van der Waals surface area contributed by atoms with Crippen LogP contribution >= 0.6 is 22.7 Å². The number of nitrogens with one attached hydrogen (secondary N) is 1. The van der Waals surface area contributed by atoms with Gasteiger partial charge in [0, 0.05) is 17.5 Å². The summed E-state index contributed by atoms with van der Waals surface area (Å²) in [4.78, 5) is 20.2. The lowest BCUT2D eigenvalue weighted by Crippen LogP contribution is -2.48. The number of carbonyl (C=O) groups excluding carboxylic acids is 1. The Morgan fingerprint density at radius 3 is 2.89 bits per heavy atom. The summed E-state index contributed by atoms with van der Waals surface area (Å²) in [7, 11) is 0. The highest BCUT2D eigenvalue weighted by Crippen LogP contribution is 2.42. The van der Waals surface area contributed by atoms with Gasteiger partial charge in [0.2, 0.25) is 0 Å². The van der Waals surface area contributed by atoms with Crippen molar-refractivity contribution in [2.24, 2.45) is 0 Å². The van der Waals surface area contributed by atoms with Crippen LogP contribution in [-0.4, -0.2) is 39.8 Å². The quantitative estimate of drug-likeness (QED) is 0.692. The Morgan fingerprint density at radius 1 is 1.25 bits per heavy atom. The number of thiazole rings is 1. The first-order valence-electron chi connectivity index (χ1n) is 9.07. The number of anilines is 2. The van der Waals surface area contributed by atoms with Crippen LogP contribution in [0.5, 0.6) is 5.75 Å². The molecule has 1 N–H and O–H groups in total. The maximum atomic E-state index is 12.5. The molecule has 2 aliphatic heterocycles. The summed E-state index contributed by atoms with van der Waals surface area (Å²) in [5.41, 5.74) is 2.54. The van der Waals surface area contributed by atoms with Crippen molar-refractivity contribution in [1.82, 2.24) is 20.5 Å². The highest BCUT2D eigenvalue weighted by Gasteiger charge is 2.34. The van der Waals surface area contributed by atoms with Crippen molar-refractivity contribution in [1.29, 1.82) is 0 Å². The molecule has 7 nitrogen and oxygen atoms in total. The number of ether oxygens (including phenoxy) is 1. The fourth-order valence-electron chi connectivity index (χ4n) is 3.54. The Hall–Kier alpha value is -2.52. The minimum atomic E-state index is -0.277.